The highest BCUT2D eigenvalue weighted by Gasteiger charge is 2.15. The first-order valence-corrected chi connectivity index (χ1v) is 7.54. The molecule has 0 atom stereocenters. The Kier molecular flexibility index (Phi) is 5.14. The van der Waals surface area contributed by atoms with Gasteiger partial charge in [-0.05, 0) is 31.4 Å². The first kappa shape index (κ1) is 14.3. The summed E-state index contributed by atoms with van der Waals surface area (Å²) in [5.41, 5.74) is 2.36. The van der Waals surface area contributed by atoms with Crippen LogP contribution in [0.4, 0.5) is 5.95 Å². The van der Waals surface area contributed by atoms with E-state index in [-0.39, 0.29) is 0 Å². The molecule has 2 rings (SSSR count). The molecule has 0 aromatic carbocycles. The SMILES string of the molecule is CCCc1cc(C(C)C)nc(N2CCCNCC2)n1. The molecule has 0 bridgehead atoms. The zero-order valence-electron chi connectivity index (χ0n) is 12.4. The average molecular weight is 262 g/mol. The summed E-state index contributed by atoms with van der Waals surface area (Å²) in [6.07, 6.45) is 3.34. The summed E-state index contributed by atoms with van der Waals surface area (Å²) in [5.74, 6) is 1.39. The Balaban J connectivity index is 2.26. The molecule has 0 spiro atoms. The number of rotatable bonds is 4. The second kappa shape index (κ2) is 6.85. The minimum atomic E-state index is 0.461. The molecule has 4 heteroatoms. The zero-order valence-corrected chi connectivity index (χ0v) is 12.4. The van der Waals surface area contributed by atoms with Crippen molar-refractivity contribution in [2.24, 2.45) is 0 Å². The summed E-state index contributed by atoms with van der Waals surface area (Å²) in [7, 11) is 0. The highest BCUT2D eigenvalue weighted by molar-refractivity contribution is 5.33. The van der Waals surface area contributed by atoms with Crippen molar-refractivity contribution in [2.45, 2.75) is 46.0 Å². The molecule has 4 nitrogen and oxygen atoms in total. The van der Waals surface area contributed by atoms with Crippen LogP contribution in [0.25, 0.3) is 0 Å². The summed E-state index contributed by atoms with van der Waals surface area (Å²) in [4.78, 5) is 11.8. The Bertz CT molecular complexity index is 395. The minimum absolute atomic E-state index is 0.461. The predicted octanol–water partition coefficient (Wildman–Crippen LogP) is 2.35. The van der Waals surface area contributed by atoms with Gasteiger partial charge in [-0.2, -0.15) is 0 Å². The van der Waals surface area contributed by atoms with E-state index in [9.17, 15) is 0 Å². The van der Waals surface area contributed by atoms with Gasteiger partial charge in [-0.3, -0.25) is 0 Å². The van der Waals surface area contributed by atoms with Gasteiger partial charge in [-0.1, -0.05) is 27.2 Å². The molecule has 0 amide bonds. The van der Waals surface area contributed by atoms with Crippen molar-refractivity contribution in [3.05, 3.63) is 17.5 Å². The second-order valence-electron chi connectivity index (χ2n) is 5.58. The summed E-state index contributed by atoms with van der Waals surface area (Å²) in [5, 5.41) is 3.43. The van der Waals surface area contributed by atoms with Crippen molar-refractivity contribution < 1.29 is 0 Å². The number of aromatic nitrogens is 2. The van der Waals surface area contributed by atoms with Crippen LogP contribution in [0, 0.1) is 0 Å². The minimum Gasteiger partial charge on any atom is -0.339 e. The Labute approximate surface area is 116 Å². The van der Waals surface area contributed by atoms with Crippen molar-refractivity contribution in [3.8, 4) is 0 Å². The molecule has 1 aromatic rings. The summed E-state index contributed by atoms with van der Waals surface area (Å²) >= 11 is 0. The first-order chi connectivity index (χ1) is 9.20. The molecule has 1 saturated heterocycles. The van der Waals surface area contributed by atoms with Gasteiger partial charge in [0.1, 0.15) is 0 Å². The number of aryl methyl sites for hydroxylation is 1. The van der Waals surface area contributed by atoms with Gasteiger partial charge >= 0.3 is 0 Å². The third-order valence-electron chi connectivity index (χ3n) is 3.51. The molecule has 1 aliphatic rings. The van der Waals surface area contributed by atoms with Crippen LogP contribution >= 0.6 is 0 Å². The summed E-state index contributed by atoms with van der Waals surface area (Å²) in [6, 6.07) is 2.17. The number of anilines is 1. The van der Waals surface area contributed by atoms with Gasteiger partial charge in [0.2, 0.25) is 5.95 Å². The van der Waals surface area contributed by atoms with Crippen molar-refractivity contribution in [1.29, 1.82) is 0 Å². The lowest BCUT2D eigenvalue weighted by Crippen LogP contribution is -2.30. The van der Waals surface area contributed by atoms with Crippen LogP contribution in [0.5, 0.6) is 0 Å². The number of nitrogens with one attached hydrogen (secondary N) is 1. The monoisotopic (exact) mass is 262 g/mol. The van der Waals surface area contributed by atoms with E-state index in [1.54, 1.807) is 0 Å². The molecule has 0 saturated carbocycles. The van der Waals surface area contributed by atoms with E-state index < -0.39 is 0 Å². The summed E-state index contributed by atoms with van der Waals surface area (Å²) in [6.45, 7) is 10.8. The Hall–Kier alpha value is -1.16. The van der Waals surface area contributed by atoms with Crippen LogP contribution in [0.3, 0.4) is 0 Å². The molecule has 1 aromatic heterocycles. The van der Waals surface area contributed by atoms with Crippen molar-refractivity contribution in [1.82, 2.24) is 15.3 Å². The molecular formula is C15H26N4. The van der Waals surface area contributed by atoms with Crippen LogP contribution in [-0.4, -0.2) is 36.1 Å². The van der Waals surface area contributed by atoms with E-state index in [0.717, 1.165) is 45.0 Å². The van der Waals surface area contributed by atoms with E-state index in [4.69, 9.17) is 9.97 Å². The highest BCUT2D eigenvalue weighted by Crippen LogP contribution is 2.18. The van der Waals surface area contributed by atoms with Crippen molar-refractivity contribution >= 4 is 5.95 Å². The molecule has 1 N–H and O–H groups in total. The lowest BCUT2D eigenvalue weighted by Gasteiger charge is -2.21. The zero-order chi connectivity index (χ0) is 13.7. The van der Waals surface area contributed by atoms with E-state index in [2.05, 4.69) is 37.1 Å². The normalized spacial score (nSPS) is 16.7. The van der Waals surface area contributed by atoms with Gasteiger partial charge in [-0.15, -0.1) is 0 Å². The van der Waals surface area contributed by atoms with Crippen LogP contribution in [0.15, 0.2) is 6.07 Å². The van der Waals surface area contributed by atoms with Crippen LogP contribution in [0.1, 0.15) is 50.9 Å². The third kappa shape index (κ3) is 3.90. The Morgan fingerprint density at radius 2 is 2.11 bits per heavy atom. The van der Waals surface area contributed by atoms with E-state index in [0.29, 0.717) is 5.92 Å². The molecule has 0 unspecified atom stereocenters. The third-order valence-corrected chi connectivity index (χ3v) is 3.51. The van der Waals surface area contributed by atoms with E-state index >= 15 is 0 Å². The van der Waals surface area contributed by atoms with Crippen LogP contribution < -0.4 is 10.2 Å². The fourth-order valence-corrected chi connectivity index (χ4v) is 2.37. The number of hydrogen-bond acceptors (Lipinski definition) is 4. The van der Waals surface area contributed by atoms with Gasteiger partial charge in [0.05, 0.1) is 0 Å². The molecule has 2 heterocycles. The van der Waals surface area contributed by atoms with Gasteiger partial charge in [0.15, 0.2) is 0 Å². The number of nitrogens with zero attached hydrogens (tertiary/aromatic N) is 3. The van der Waals surface area contributed by atoms with Crippen LogP contribution in [0.2, 0.25) is 0 Å². The molecular weight excluding hydrogens is 236 g/mol. The molecule has 106 valence electrons. The van der Waals surface area contributed by atoms with Crippen molar-refractivity contribution in [2.75, 3.05) is 31.1 Å². The lowest BCUT2D eigenvalue weighted by molar-refractivity contribution is 0.723. The number of hydrogen-bond donors (Lipinski definition) is 1. The molecule has 0 aliphatic carbocycles. The molecule has 1 fully saturated rings. The molecule has 0 radical (unpaired) electrons. The molecule has 19 heavy (non-hydrogen) atoms. The van der Waals surface area contributed by atoms with Gasteiger partial charge in [-0.25, -0.2) is 9.97 Å². The first-order valence-electron chi connectivity index (χ1n) is 7.54. The summed E-state index contributed by atoms with van der Waals surface area (Å²) < 4.78 is 0. The maximum atomic E-state index is 4.77. The second-order valence-corrected chi connectivity index (χ2v) is 5.58. The lowest BCUT2D eigenvalue weighted by atomic mass is 10.1. The van der Waals surface area contributed by atoms with Gasteiger partial charge in [0, 0.05) is 31.0 Å². The standard InChI is InChI=1S/C15H26N4/c1-4-6-13-11-14(12(2)3)18-15(17-13)19-9-5-7-16-8-10-19/h11-12,16H,4-10H2,1-3H3. The fourth-order valence-electron chi connectivity index (χ4n) is 2.37. The topological polar surface area (TPSA) is 41.1 Å². The quantitative estimate of drug-likeness (QED) is 0.904. The fraction of sp³-hybridized carbons (Fsp3) is 0.733. The Morgan fingerprint density at radius 3 is 2.84 bits per heavy atom. The smallest absolute Gasteiger partial charge is 0.225 e. The van der Waals surface area contributed by atoms with E-state index in [1.165, 1.54) is 17.8 Å². The maximum absolute atomic E-state index is 4.77. The van der Waals surface area contributed by atoms with Gasteiger partial charge in [0.25, 0.3) is 0 Å². The highest BCUT2D eigenvalue weighted by atomic mass is 15.3. The van der Waals surface area contributed by atoms with Crippen molar-refractivity contribution in [3.63, 3.8) is 0 Å². The maximum Gasteiger partial charge on any atom is 0.225 e. The predicted molar refractivity (Wildman–Crippen MR) is 79.8 cm³/mol. The molecule has 1 aliphatic heterocycles. The average Bonchev–Trinajstić information content (AvgIpc) is 2.67. The van der Waals surface area contributed by atoms with Crippen LogP contribution in [-0.2, 0) is 6.42 Å². The Morgan fingerprint density at radius 1 is 1.26 bits per heavy atom. The van der Waals surface area contributed by atoms with E-state index in [1.807, 2.05) is 0 Å². The van der Waals surface area contributed by atoms with Gasteiger partial charge < -0.3 is 10.2 Å². The largest absolute Gasteiger partial charge is 0.339 e.